The molecule has 4 rings (SSSR count). The monoisotopic (exact) mass is 533 g/mol. The molecule has 1 saturated carbocycles. The number of aromatic nitrogens is 1. The molecule has 1 aromatic heterocycles. The lowest BCUT2D eigenvalue weighted by Gasteiger charge is -2.44. The maximum absolute atomic E-state index is 13.8. The van der Waals surface area contributed by atoms with Crippen LogP contribution in [0.15, 0.2) is 24.3 Å². The number of amides is 3. The molecule has 37 heavy (non-hydrogen) atoms. The summed E-state index contributed by atoms with van der Waals surface area (Å²) in [6.07, 6.45) is 5.13. The number of carbonyl (C=O) groups excluding carboxylic acids is 3. The third-order valence-electron chi connectivity index (χ3n) is 8.39. The lowest BCUT2D eigenvalue weighted by Crippen LogP contribution is -2.64. The Kier molecular flexibility index (Phi) is 9.13. The van der Waals surface area contributed by atoms with E-state index in [1.807, 2.05) is 40.8 Å². The highest BCUT2D eigenvalue weighted by Crippen LogP contribution is 2.37. The van der Waals surface area contributed by atoms with Gasteiger partial charge in [-0.1, -0.05) is 19.3 Å². The van der Waals surface area contributed by atoms with Gasteiger partial charge in [-0.3, -0.25) is 14.4 Å². The van der Waals surface area contributed by atoms with Crippen LogP contribution in [-0.2, 0) is 16.6 Å². The van der Waals surface area contributed by atoms with Gasteiger partial charge in [-0.05, 0) is 50.9 Å². The number of fused-ring (bicyclic) bond motifs is 1. The molecule has 1 aromatic carbocycles. The Bertz CT molecular complexity index is 1140. The molecule has 9 nitrogen and oxygen atoms in total. The van der Waals surface area contributed by atoms with Crippen LogP contribution in [0.3, 0.4) is 0 Å². The first kappa shape index (κ1) is 28.8. The number of hydrogen-bond donors (Lipinski definition) is 2. The van der Waals surface area contributed by atoms with Crippen LogP contribution in [0, 0.1) is 11.8 Å². The van der Waals surface area contributed by atoms with Gasteiger partial charge in [0, 0.05) is 44.7 Å². The maximum Gasteiger partial charge on any atom is 0.270 e. The number of piperazine rings is 1. The van der Waals surface area contributed by atoms with Gasteiger partial charge in [-0.15, -0.1) is 12.4 Å². The van der Waals surface area contributed by atoms with Crippen molar-refractivity contribution in [3.8, 4) is 5.75 Å². The molecule has 10 heteroatoms. The van der Waals surface area contributed by atoms with Crippen molar-refractivity contribution in [2.75, 3.05) is 40.3 Å². The molecular formula is C27H40ClN5O4. The minimum Gasteiger partial charge on any atom is -0.497 e. The van der Waals surface area contributed by atoms with Crippen molar-refractivity contribution >= 4 is 41.0 Å². The van der Waals surface area contributed by atoms with Crippen LogP contribution in [0.25, 0.3) is 10.9 Å². The maximum atomic E-state index is 13.8. The zero-order valence-corrected chi connectivity index (χ0v) is 23.1. The van der Waals surface area contributed by atoms with E-state index in [1.165, 1.54) is 0 Å². The van der Waals surface area contributed by atoms with Crippen LogP contribution in [-0.4, -0.2) is 78.0 Å². The normalized spacial score (nSPS) is 19.1. The molecule has 0 spiro atoms. The molecule has 2 atom stereocenters. The molecule has 204 valence electrons. The SMILES string of the molecule is CNC(C)(C(N)=O)[C@@H](C(=O)N1CCN(C(=O)c2cc3ccc(OC)cc3n2C)CC1)C1CCCCC1.Cl. The van der Waals surface area contributed by atoms with Crippen molar-refractivity contribution in [2.24, 2.45) is 24.6 Å². The van der Waals surface area contributed by atoms with E-state index < -0.39 is 17.4 Å². The first-order valence-electron chi connectivity index (χ1n) is 12.9. The van der Waals surface area contributed by atoms with Crippen LogP contribution in [0.5, 0.6) is 5.75 Å². The van der Waals surface area contributed by atoms with Crippen LogP contribution in [0.2, 0.25) is 0 Å². The summed E-state index contributed by atoms with van der Waals surface area (Å²) in [6.45, 7) is 3.51. The molecule has 1 unspecified atom stereocenters. The number of aryl methyl sites for hydroxylation is 1. The quantitative estimate of drug-likeness (QED) is 0.568. The number of nitrogens with two attached hydrogens (primary N) is 1. The minimum absolute atomic E-state index is 0. The molecule has 2 heterocycles. The number of nitrogens with one attached hydrogen (secondary N) is 1. The zero-order valence-electron chi connectivity index (χ0n) is 22.3. The number of rotatable bonds is 7. The largest absolute Gasteiger partial charge is 0.497 e. The molecule has 1 saturated heterocycles. The van der Waals surface area contributed by atoms with E-state index >= 15 is 0 Å². The summed E-state index contributed by atoms with van der Waals surface area (Å²) >= 11 is 0. The Morgan fingerprint density at radius 2 is 1.68 bits per heavy atom. The zero-order chi connectivity index (χ0) is 26.0. The van der Waals surface area contributed by atoms with Gasteiger partial charge in [0.05, 0.1) is 18.5 Å². The predicted octanol–water partition coefficient (Wildman–Crippen LogP) is 2.55. The Morgan fingerprint density at radius 3 is 2.24 bits per heavy atom. The fourth-order valence-electron chi connectivity index (χ4n) is 5.95. The average Bonchev–Trinajstić information content (AvgIpc) is 3.24. The van der Waals surface area contributed by atoms with E-state index in [4.69, 9.17) is 10.5 Å². The highest BCUT2D eigenvalue weighted by molar-refractivity contribution is 5.99. The van der Waals surface area contributed by atoms with E-state index in [9.17, 15) is 14.4 Å². The Morgan fingerprint density at radius 1 is 1.05 bits per heavy atom. The summed E-state index contributed by atoms with van der Waals surface area (Å²) in [7, 11) is 5.20. The van der Waals surface area contributed by atoms with Gasteiger partial charge in [0.15, 0.2) is 0 Å². The minimum atomic E-state index is -1.11. The van der Waals surface area contributed by atoms with E-state index in [0.717, 1.165) is 48.8 Å². The van der Waals surface area contributed by atoms with Crippen molar-refractivity contribution in [1.82, 2.24) is 19.7 Å². The number of methoxy groups -OCH3 is 1. The number of hydrogen-bond acceptors (Lipinski definition) is 5. The molecule has 0 radical (unpaired) electrons. The van der Waals surface area contributed by atoms with E-state index in [0.29, 0.717) is 31.9 Å². The van der Waals surface area contributed by atoms with Crippen molar-refractivity contribution in [3.05, 3.63) is 30.0 Å². The highest BCUT2D eigenvalue weighted by atomic mass is 35.5. The lowest BCUT2D eigenvalue weighted by atomic mass is 9.69. The first-order valence-corrected chi connectivity index (χ1v) is 12.9. The summed E-state index contributed by atoms with van der Waals surface area (Å²) in [5, 5.41) is 4.05. The van der Waals surface area contributed by atoms with Gasteiger partial charge >= 0.3 is 0 Å². The van der Waals surface area contributed by atoms with Gasteiger partial charge in [0.25, 0.3) is 5.91 Å². The number of ether oxygens (including phenoxy) is 1. The smallest absolute Gasteiger partial charge is 0.270 e. The molecule has 0 bridgehead atoms. The van der Waals surface area contributed by atoms with Gasteiger partial charge in [-0.2, -0.15) is 0 Å². The average molecular weight is 534 g/mol. The molecule has 1 aliphatic heterocycles. The van der Waals surface area contributed by atoms with E-state index in [2.05, 4.69) is 5.32 Å². The molecular weight excluding hydrogens is 494 g/mol. The second kappa shape index (κ2) is 11.7. The van der Waals surface area contributed by atoms with Crippen molar-refractivity contribution in [2.45, 2.75) is 44.6 Å². The second-order valence-corrected chi connectivity index (χ2v) is 10.3. The summed E-state index contributed by atoms with van der Waals surface area (Å²) in [5.41, 5.74) is 6.23. The second-order valence-electron chi connectivity index (χ2n) is 10.3. The van der Waals surface area contributed by atoms with Crippen molar-refractivity contribution in [3.63, 3.8) is 0 Å². The molecule has 3 N–H and O–H groups in total. The third-order valence-corrected chi connectivity index (χ3v) is 8.39. The van der Waals surface area contributed by atoms with Crippen LogP contribution >= 0.6 is 12.4 Å². The molecule has 2 aromatic rings. The Balaban J connectivity index is 0.00000380. The summed E-state index contributed by atoms with van der Waals surface area (Å²) in [4.78, 5) is 43.4. The van der Waals surface area contributed by atoms with E-state index in [-0.39, 0.29) is 30.1 Å². The predicted molar refractivity (Wildman–Crippen MR) is 146 cm³/mol. The number of nitrogens with zero attached hydrogens (tertiary/aromatic N) is 3. The number of primary amides is 1. The molecule has 2 fully saturated rings. The number of benzene rings is 1. The first-order chi connectivity index (χ1) is 17.2. The third kappa shape index (κ3) is 5.43. The fraction of sp³-hybridized carbons (Fsp3) is 0.593. The standard InChI is InChI=1S/C27H39N5O4.ClH/c1-27(29-2,26(28)35)23(18-8-6-5-7-9-18)25(34)32-14-12-31(13-15-32)24(33)22-16-19-10-11-20(36-4)17-21(19)30(22)3;/h10-11,16-18,23,29H,5-9,12-15H2,1-4H3,(H2,28,35);1H/t23-,27?;/m1./s1. The van der Waals surface area contributed by atoms with E-state index in [1.54, 1.807) is 26.0 Å². The van der Waals surface area contributed by atoms with Gasteiger partial charge < -0.3 is 30.2 Å². The molecule has 3 amide bonds. The fourth-order valence-corrected chi connectivity index (χ4v) is 5.95. The topological polar surface area (TPSA) is 110 Å². The van der Waals surface area contributed by atoms with Crippen LogP contribution < -0.4 is 15.8 Å². The lowest BCUT2D eigenvalue weighted by molar-refractivity contribution is -0.147. The highest BCUT2D eigenvalue weighted by Gasteiger charge is 2.49. The van der Waals surface area contributed by atoms with Crippen LogP contribution in [0.1, 0.15) is 49.5 Å². The number of likely N-dealkylation sites (N-methyl/N-ethyl adjacent to an activating group) is 1. The number of halogens is 1. The van der Waals surface area contributed by atoms with Gasteiger partial charge in [0.2, 0.25) is 11.8 Å². The van der Waals surface area contributed by atoms with Gasteiger partial charge in [0.1, 0.15) is 17.0 Å². The molecule has 1 aliphatic carbocycles. The van der Waals surface area contributed by atoms with Crippen molar-refractivity contribution < 1.29 is 19.1 Å². The van der Waals surface area contributed by atoms with Gasteiger partial charge in [-0.25, -0.2) is 0 Å². The summed E-state index contributed by atoms with van der Waals surface area (Å²) in [6, 6.07) is 7.66. The molecule has 2 aliphatic rings. The summed E-state index contributed by atoms with van der Waals surface area (Å²) < 4.78 is 7.22. The number of carbonyl (C=O) groups is 3. The van der Waals surface area contributed by atoms with Crippen LogP contribution in [0.4, 0.5) is 0 Å². The Labute approximate surface area is 225 Å². The Hall–Kier alpha value is -2.78. The summed E-state index contributed by atoms with van der Waals surface area (Å²) in [5.74, 6) is -0.261. The van der Waals surface area contributed by atoms with Crippen molar-refractivity contribution in [1.29, 1.82) is 0 Å².